The van der Waals surface area contributed by atoms with E-state index in [2.05, 4.69) is 5.32 Å². The quantitative estimate of drug-likeness (QED) is 0.850. The van der Waals surface area contributed by atoms with Crippen LogP contribution in [0.1, 0.15) is 11.1 Å². The van der Waals surface area contributed by atoms with Crippen molar-refractivity contribution in [2.45, 2.75) is 13.5 Å². The molecule has 0 aliphatic carbocycles. The predicted molar refractivity (Wildman–Crippen MR) is 69.9 cm³/mol. The molecule has 0 spiro atoms. The third-order valence-electron chi connectivity index (χ3n) is 2.63. The number of halogens is 2. The molecule has 3 heteroatoms. The Kier molecular flexibility index (Phi) is 3.64. The second-order valence-corrected chi connectivity index (χ2v) is 4.31. The monoisotopic (exact) mass is 249 g/mol. The van der Waals surface area contributed by atoms with Crippen molar-refractivity contribution >= 4 is 17.3 Å². The lowest BCUT2D eigenvalue weighted by atomic mass is 10.1. The maximum Gasteiger partial charge on any atom is 0.125 e. The smallest absolute Gasteiger partial charge is 0.125 e. The highest BCUT2D eigenvalue weighted by Gasteiger charge is 2.02. The van der Waals surface area contributed by atoms with Gasteiger partial charge >= 0.3 is 0 Å². The first-order valence-corrected chi connectivity index (χ1v) is 5.78. The number of hydrogen-bond acceptors (Lipinski definition) is 1. The molecule has 1 nitrogen and oxygen atoms in total. The van der Waals surface area contributed by atoms with Crippen molar-refractivity contribution in [3.05, 3.63) is 64.4 Å². The molecular formula is C14H13ClFN. The molecule has 88 valence electrons. The molecule has 0 saturated heterocycles. The van der Waals surface area contributed by atoms with Crippen molar-refractivity contribution < 1.29 is 4.39 Å². The molecule has 0 fully saturated rings. The van der Waals surface area contributed by atoms with Gasteiger partial charge in [-0.3, -0.25) is 0 Å². The number of rotatable bonds is 3. The first-order chi connectivity index (χ1) is 8.16. The SMILES string of the molecule is Cc1ccc(F)cc1NCc1ccccc1Cl. The highest BCUT2D eigenvalue weighted by atomic mass is 35.5. The van der Waals surface area contributed by atoms with Gasteiger partial charge < -0.3 is 5.32 Å². The van der Waals surface area contributed by atoms with E-state index in [1.54, 1.807) is 6.07 Å². The lowest BCUT2D eigenvalue weighted by Gasteiger charge is -2.10. The van der Waals surface area contributed by atoms with Gasteiger partial charge in [0.2, 0.25) is 0 Å². The van der Waals surface area contributed by atoms with E-state index in [-0.39, 0.29) is 5.82 Å². The van der Waals surface area contributed by atoms with Crippen LogP contribution in [0.4, 0.5) is 10.1 Å². The Morgan fingerprint density at radius 3 is 2.71 bits per heavy atom. The van der Waals surface area contributed by atoms with E-state index in [4.69, 9.17) is 11.6 Å². The van der Waals surface area contributed by atoms with Gasteiger partial charge in [0.05, 0.1) is 0 Å². The molecule has 0 unspecified atom stereocenters. The van der Waals surface area contributed by atoms with Gasteiger partial charge in [-0.1, -0.05) is 35.9 Å². The summed E-state index contributed by atoms with van der Waals surface area (Å²) in [4.78, 5) is 0. The minimum atomic E-state index is -0.239. The topological polar surface area (TPSA) is 12.0 Å². The third kappa shape index (κ3) is 2.98. The number of hydrogen-bond donors (Lipinski definition) is 1. The molecular weight excluding hydrogens is 237 g/mol. The second kappa shape index (κ2) is 5.19. The van der Waals surface area contributed by atoms with E-state index in [9.17, 15) is 4.39 Å². The summed E-state index contributed by atoms with van der Waals surface area (Å²) in [6, 6.07) is 12.3. The van der Waals surface area contributed by atoms with E-state index < -0.39 is 0 Å². The molecule has 0 atom stereocenters. The minimum Gasteiger partial charge on any atom is -0.381 e. The number of nitrogens with one attached hydrogen (secondary N) is 1. The lowest BCUT2D eigenvalue weighted by molar-refractivity contribution is 0.628. The zero-order chi connectivity index (χ0) is 12.3. The average Bonchev–Trinajstić information content (AvgIpc) is 2.32. The fourth-order valence-corrected chi connectivity index (χ4v) is 1.82. The Balaban J connectivity index is 2.12. The van der Waals surface area contributed by atoms with E-state index >= 15 is 0 Å². The van der Waals surface area contributed by atoms with Gasteiger partial charge in [-0.15, -0.1) is 0 Å². The summed E-state index contributed by atoms with van der Waals surface area (Å²) in [5.41, 5.74) is 2.81. The molecule has 0 bridgehead atoms. The molecule has 2 aromatic carbocycles. The van der Waals surface area contributed by atoms with Crippen molar-refractivity contribution in [2.75, 3.05) is 5.32 Å². The molecule has 0 aliphatic rings. The van der Waals surface area contributed by atoms with Gasteiger partial charge in [0, 0.05) is 17.3 Å². The molecule has 2 rings (SSSR count). The summed E-state index contributed by atoms with van der Waals surface area (Å²) in [6.45, 7) is 2.53. The van der Waals surface area contributed by atoms with Crippen LogP contribution in [0.5, 0.6) is 0 Å². The van der Waals surface area contributed by atoms with E-state index in [1.807, 2.05) is 31.2 Å². The van der Waals surface area contributed by atoms with Gasteiger partial charge in [0.1, 0.15) is 5.82 Å². The van der Waals surface area contributed by atoms with E-state index in [0.29, 0.717) is 11.6 Å². The fourth-order valence-electron chi connectivity index (χ4n) is 1.62. The molecule has 0 aromatic heterocycles. The van der Waals surface area contributed by atoms with Gasteiger partial charge in [0.25, 0.3) is 0 Å². The zero-order valence-corrected chi connectivity index (χ0v) is 10.3. The summed E-state index contributed by atoms with van der Waals surface area (Å²) in [5, 5.41) is 3.90. The average molecular weight is 250 g/mol. The Hall–Kier alpha value is -1.54. The van der Waals surface area contributed by atoms with E-state index in [0.717, 1.165) is 16.8 Å². The number of aryl methyl sites for hydroxylation is 1. The summed E-state index contributed by atoms with van der Waals surface area (Å²) in [7, 11) is 0. The molecule has 1 N–H and O–H groups in total. The number of anilines is 1. The Morgan fingerprint density at radius 1 is 1.18 bits per heavy atom. The van der Waals surface area contributed by atoms with Crippen molar-refractivity contribution in [3.63, 3.8) is 0 Å². The van der Waals surface area contributed by atoms with Gasteiger partial charge in [-0.2, -0.15) is 0 Å². The third-order valence-corrected chi connectivity index (χ3v) is 3.00. The minimum absolute atomic E-state index is 0.239. The van der Waals surface area contributed by atoms with Crippen molar-refractivity contribution in [2.24, 2.45) is 0 Å². The summed E-state index contributed by atoms with van der Waals surface area (Å²) >= 11 is 6.05. The van der Waals surface area contributed by atoms with Gasteiger partial charge in [-0.25, -0.2) is 4.39 Å². The lowest BCUT2D eigenvalue weighted by Crippen LogP contribution is -2.01. The maximum absolute atomic E-state index is 13.1. The van der Waals surface area contributed by atoms with Crippen LogP contribution in [-0.2, 0) is 6.54 Å². The fraction of sp³-hybridized carbons (Fsp3) is 0.143. The number of benzene rings is 2. The van der Waals surface area contributed by atoms with Crippen LogP contribution in [-0.4, -0.2) is 0 Å². The second-order valence-electron chi connectivity index (χ2n) is 3.90. The molecule has 17 heavy (non-hydrogen) atoms. The highest BCUT2D eigenvalue weighted by molar-refractivity contribution is 6.31. The first-order valence-electron chi connectivity index (χ1n) is 5.40. The normalized spacial score (nSPS) is 10.3. The molecule has 0 radical (unpaired) electrons. The molecule has 0 amide bonds. The largest absolute Gasteiger partial charge is 0.381 e. The van der Waals surface area contributed by atoms with Crippen LogP contribution >= 0.6 is 11.6 Å². The summed E-state index contributed by atoms with van der Waals surface area (Å²) in [5.74, 6) is -0.239. The van der Waals surface area contributed by atoms with Crippen molar-refractivity contribution in [1.82, 2.24) is 0 Å². The summed E-state index contributed by atoms with van der Waals surface area (Å²) < 4.78 is 13.1. The first kappa shape index (κ1) is 11.9. The standard InChI is InChI=1S/C14H13ClFN/c1-10-6-7-12(16)8-14(10)17-9-11-4-2-3-5-13(11)15/h2-8,17H,9H2,1H3. The highest BCUT2D eigenvalue weighted by Crippen LogP contribution is 2.20. The Bertz CT molecular complexity index is 525. The zero-order valence-electron chi connectivity index (χ0n) is 9.50. The van der Waals surface area contributed by atoms with Crippen molar-refractivity contribution in [3.8, 4) is 0 Å². The van der Waals surface area contributed by atoms with Crippen LogP contribution in [0.15, 0.2) is 42.5 Å². The van der Waals surface area contributed by atoms with Crippen LogP contribution < -0.4 is 5.32 Å². The van der Waals surface area contributed by atoms with Gasteiger partial charge in [0.15, 0.2) is 0 Å². The van der Waals surface area contributed by atoms with Crippen LogP contribution in [0, 0.1) is 12.7 Å². The molecule has 0 heterocycles. The Morgan fingerprint density at radius 2 is 1.94 bits per heavy atom. The molecule has 0 aliphatic heterocycles. The predicted octanol–water partition coefficient (Wildman–Crippen LogP) is 4.40. The van der Waals surface area contributed by atoms with Crippen molar-refractivity contribution in [1.29, 1.82) is 0 Å². The van der Waals surface area contributed by atoms with Gasteiger partial charge in [-0.05, 0) is 36.2 Å². The summed E-state index contributed by atoms with van der Waals surface area (Å²) in [6.07, 6.45) is 0. The van der Waals surface area contributed by atoms with Crippen LogP contribution in [0.25, 0.3) is 0 Å². The molecule has 0 saturated carbocycles. The maximum atomic E-state index is 13.1. The van der Waals surface area contributed by atoms with Crippen LogP contribution in [0.2, 0.25) is 5.02 Å². The molecule has 2 aromatic rings. The Labute approximate surface area is 105 Å². The van der Waals surface area contributed by atoms with E-state index in [1.165, 1.54) is 12.1 Å². The van der Waals surface area contributed by atoms with Crippen LogP contribution in [0.3, 0.4) is 0 Å².